The molecule has 30 heteroatoms. The average Bonchev–Trinajstić information content (AvgIpc) is 3.22. The molecule has 0 aliphatic heterocycles. The van der Waals surface area contributed by atoms with Crippen LogP contribution in [0.2, 0.25) is 0 Å². The van der Waals surface area contributed by atoms with Crippen LogP contribution in [-0.2, 0) is 40.5 Å². The maximum atomic E-state index is 12.3. The van der Waals surface area contributed by atoms with Crippen LogP contribution in [0.25, 0.3) is 21.5 Å². The van der Waals surface area contributed by atoms with Gasteiger partial charge in [0, 0.05) is 32.9 Å². The van der Waals surface area contributed by atoms with Crippen molar-refractivity contribution < 1.29 is 76.8 Å². The van der Waals surface area contributed by atoms with Gasteiger partial charge in [0.25, 0.3) is 40.5 Å². The number of carboxylic acid groups (broad SMARTS) is 2. The van der Waals surface area contributed by atoms with Crippen LogP contribution in [0.1, 0.15) is 20.7 Å². The minimum absolute atomic E-state index is 0.0164. The van der Waals surface area contributed by atoms with Crippen LogP contribution in [0.15, 0.2) is 137 Å². The van der Waals surface area contributed by atoms with E-state index in [1.807, 2.05) is 0 Å². The third-order valence-corrected chi connectivity index (χ3v) is 12.7. The summed E-state index contributed by atoms with van der Waals surface area (Å²) in [5.41, 5.74) is -2.45. The van der Waals surface area contributed by atoms with E-state index in [0.717, 1.165) is 84.9 Å². The summed E-state index contributed by atoms with van der Waals surface area (Å²) in [7, 11) is -19.8. The van der Waals surface area contributed by atoms with Crippen LogP contribution >= 0.6 is 0 Å². The van der Waals surface area contributed by atoms with Crippen molar-refractivity contribution in [3.63, 3.8) is 0 Å². The molecule has 6 aromatic carbocycles. The molecular formula is C37H25N9O17S4. The highest BCUT2D eigenvalue weighted by molar-refractivity contribution is 7.87. The SMILES string of the molecule is O=C(O)c1cc(Nc2nc(O)nc(Nc3ccc(/N=N/c4cc(S(=O)(=O)O)c5cccc(S(=O)(=O)O)c5c4)c(C(=O)O)c3)n2)ccc1/N=N/c1cc(S(=O)(=O)O)c2cccc(S(=O)(=O)O)c2c1. The highest BCUT2D eigenvalue weighted by Crippen LogP contribution is 2.37. The summed E-state index contributed by atoms with van der Waals surface area (Å²) in [6, 6.07) is 16.2. The number of aromatic nitrogens is 3. The quantitative estimate of drug-likeness (QED) is 0.0410. The van der Waals surface area contributed by atoms with Gasteiger partial charge in [0.15, 0.2) is 0 Å². The van der Waals surface area contributed by atoms with Gasteiger partial charge in [0.1, 0.15) is 31.0 Å². The molecule has 0 aliphatic carbocycles. The molecular weight excluding hydrogens is 971 g/mol. The average molecular weight is 996 g/mol. The highest BCUT2D eigenvalue weighted by Gasteiger charge is 2.24. The molecule has 0 radical (unpaired) electrons. The first kappa shape index (κ1) is 47.0. The van der Waals surface area contributed by atoms with Crippen LogP contribution in [0.5, 0.6) is 6.01 Å². The number of nitrogens with zero attached hydrogens (tertiary/aromatic N) is 7. The smallest absolute Gasteiger partial charge is 0.338 e. The number of nitrogens with one attached hydrogen (secondary N) is 2. The normalized spacial score (nSPS) is 12.5. The summed E-state index contributed by atoms with van der Waals surface area (Å²) >= 11 is 0. The Balaban J connectivity index is 1.15. The second kappa shape index (κ2) is 17.4. The van der Waals surface area contributed by atoms with Crippen LogP contribution in [0, 0.1) is 0 Å². The van der Waals surface area contributed by atoms with Gasteiger partial charge in [-0.25, -0.2) is 9.59 Å². The lowest BCUT2D eigenvalue weighted by atomic mass is 10.1. The van der Waals surface area contributed by atoms with Crippen molar-refractivity contribution in [3.05, 3.63) is 108 Å². The molecule has 1 aromatic heterocycles. The summed E-state index contributed by atoms with van der Waals surface area (Å²) in [6.07, 6.45) is 0. The van der Waals surface area contributed by atoms with Gasteiger partial charge in [-0.3, -0.25) is 18.2 Å². The van der Waals surface area contributed by atoms with Crippen LogP contribution in [0.3, 0.4) is 0 Å². The Morgan fingerprint density at radius 1 is 0.448 bits per heavy atom. The minimum atomic E-state index is -5.00. The zero-order valence-corrected chi connectivity index (χ0v) is 36.0. The first-order valence-electron chi connectivity index (χ1n) is 17.9. The van der Waals surface area contributed by atoms with E-state index >= 15 is 0 Å². The van der Waals surface area contributed by atoms with Crippen molar-refractivity contribution in [1.29, 1.82) is 0 Å². The van der Waals surface area contributed by atoms with Gasteiger partial charge in [-0.05, 0) is 72.8 Å². The fraction of sp³-hybridized carbons (Fsp3) is 0. The number of fused-ring (bicyclic) bond motifs is 2. The number of hydrogen-bond acceptors (Lipinski definition) is 20. The molecule has 1 heterocycles. The topological polar surface area (TPSA) is 424 Å². The number of rotatable bonds is 14. The molecule has 0 fully saturated rings. The number of carbonyl (C=O) groups is 2. The van der Waals surface area contributed by atoms with Crippen molar-refractivity contribution in [2.45, 2.75) is 19.6 Å². The van der Waals surface area contributed by atoms with Crippen molar-refractivity contribution in [1.82, 2.24) is 15.0 Å². The van der Waals surface area contributed by atoms with Gasteiger partial charge in [-0.1, -0.05) is 24.3 Å². The molecule has 0 spiro atoms. The third kappa shape index (κ3) is 10.5. The Morgan fingerprint density at radius 3 is 1.16 bits per heavy atom. The second-order valence-electron chi connectivity index (χ2n) is 13.5. The Kier molecular flexibility index (Phi) is 12.2. The minimum Gasteiger partial charge on any atom is -0.479 e. The standard InChI is InChI=1S/C37H25N9O17S4/c47-33(48)25-11-17(7-9-27(25)45-43-19-13-23-21(31(15-19)66(58,59)60)3-1-5-29(23)64(52,53)54)38-35-40-36(42-37(51)41-35)39-18-8-10-28(26(12-18)34(49)50)46-44-20-14-24-22(32(16-20)67(61,62)63)4-2-6-30(24)65(55,56)57/h1-16H,(H,47,48)(H,49,50)(H,52,53,54)(H,55,56,57)(H,58,59,60)(H,61,62,63)(H3,38,39,40,41,42,51)/b45-43+,46-44+. The van der Waals surface area contributed by atoms with Gasteiger partial charge in [-0.2, -0.15) is 58.9 Å². The summed E-state index contributed by atoms with van der Waals surface area (Å²) < 4.78 is 136. The van der Waals surface area contributed by atoms with E-state index in [9.17, 15) is 76.8 Å². The number of aromatic hydroxyl groups is 1. The van der Waals surface area contributed by atoms with Crippen molar-refractivity contribution in [3.8, 4) is 6.01 Å². The van der Waals surface area contributed by atoms with E-state index in [1.54, 1.807) is 0 Å². The lowest BCUT2D eigenvalue weighted by Gasteiger charge is -2.11. The largest absolute Gasteiger partial charge is 0.479 e. The molecule has 0 aliphatic rings. The van der Waals surface area contributed by atoms with E-state index in [1.165, 1.54) is 12.1 Å². The molecule has 344 valence electrons. The van der Waals surface area contributed by atoms with Crippen molar-refractivity contribution in [2.24, 2.45) is 20.5 Å². The number of benzene rings is 6. The fourth-order valence-electron chi connectivity index (χ4n) is 6.31. The monoisotopic (exact) mass is 995 g/mol. The van der Waals surface area contributed by atoms with Gasteiger partial charge < -0.3 is 26.0 Å². The summed E-state index contributed by atoms with van der Waals surface area (Å²) in [5.74, 6) is -3.87. The van der Waals surface area contributed by atoms with Crippen LogP contribution in [-0.4, -0.2) is 94.1 Å². The molecule has 0 saturated carbocycles. The van der Waals surface area contributed by atoms with E-state index in [4.69, 9.17) is 0 Å². The number of aromatic carboxylic acids is 2. The lowest BCUT2D eigenvalue weighted by molar-refractivity contribution is 0.0687. The Hall–Kier alpha value is -7.97. The summed E-state index contributed by atoms with van der Waals surface area (Å²) in [4.78, 5) is 33.1. The molecule has 0 amide bonds. The van der Waals surface area contributed by atoms with Crippen molar-refractivity contribution >= 4 is 120 Å². The van der Waals surface area contributed by atoms with Crippen LogP contribution in [0.4, 0.5) is 46.0 Å². The van der Waals surface area contributed by atoms with Crippen molar-refractivity contribution in [2.75, 3.05) is 10.6 Å². The number of anilines is 4. The first-order valence-corrected chi connectivity index (χ1v) is 23.6. The molecule has 7 rings (SSSR count). The highest BCUT2D eigenvalue weighted by atomic mass is 32.2. The first-order chi connectivity index (χ1) is 31.3. The molecule has 9 N–H and O–H groups in total. The van der Waals surface area contributed by atoms with Crippen LogP contribution < -0.4 is 10.6 Å². The number of hydrogen-bond donors (Lipinski definition) is 9. The maximum Gasteiger partial charge on any atom is 0.338 e. The predicted octanol–water partition coefficient (Wildman–Crippen LogP) is 6.58. The molecule has 7 aromatic rings. The number of carboxylic acids is 2. The fourth-order valence-corrected chi connectivity index (χ4v) is 9.16. The van der Waals surface area contributed by atoms with Gasteiger partial charge in [-0.15, -0.1) is 10.2 Å². The maximum absolute atomic E-state index is 12.3. The van der Waals surface area contributed by atoms with Gasteiger partial charge in [0.2, 0.25) is 11.9 Å². The van der Waals surface area contributed by atoms with E-state index in [2.05, 4.69) is 46.0 Å². The van der Waals surface area contributed by atoms with Gasteiger partial charge in [0.05, 0.1) is 22.5 Å². The Morgan fingerprint density at radius 2 is 0.821 bits per heavy atom. The lowest BCUT2D eigenvalue weighted by Crippen LogP contribution is -2.05. The Bertz CT molecular complexity index is 3550. The predicted molar refractivity (Wildman–Crippen MR) is 230 cm³/mol. The molecule has 26 nitrogen and oxygen atoms in total. The van der Waals surface area contributed by atoms with Gasteiger partial charge >= 0.3 is 17.9 Å². The zero-order valence-electron chi connectivity index (χ0n) is 32.7. The second-order valence-corrected chi connectivity index (χ2v) is 19.1. The van der Waals surface area contributed by atoms with E-state index < -0.39 is 89.1 Å². The Labute approximate surface area is 375 Å². The van der Waals surface area contributed by atoms with E-state index in [-0.39, 0.29) is 67.6 Å². The molecule has 0 saturated heterocycles. The molecule has 0 unspecified atom stereocenters. The zero-order chi connectivity index (χ0) is 48.8. The molecule has 0 atom stereocenters. The third-order valence-electron chi connectivity index (χ3n) is 9.05. The van der Waals surface area contributed by atoms with E-state index in [0.29, 0.717) is 0 Å². The summed E-state index contributed by atoms with van der Waals surface area (Å²) in [5, 5.41) is 49.6. The molecule has 67 heavy (non-hydrogen) atoms. The summed E-state index contributed by atoms with van der Waals surface area (Å²) in [6.45, 7) is 0. The molecule has 0 bridgehead atoms. The number of azo groups is 2.